The predicted octanol–water partition coefficient (Wildman–Crippen LogP) is 3.60. The van der Waals surface area contributed by atoms with Crippen LogP contribution < -0.4 is 0 Å². The van der Waals surface area contributed by atoms with Crippen LogP contribution in [0.15, 0.2) is 30.9 Å². The summed E-state index contributed by atoms with van der Waals surface area (Å²) in [5.74, 6) is 1.08. The molecule has 0 spiro atoms. The van der Waals surface area contributed by atoms with E-state index in [4.69, 9.17) is 0 Å². The lowest BCUT2D eigenvalue weighted by Crippen LogP contribution is -1.92. The molecule has 114 valence electrons. The molecule has 1 aliphatic carbocycles. The summed E-state index contributed by atoms with van der Waals surface area (Å²) in [5.41, 5.74) is 3.62. The first kappa shape index (κ1) is 12.8. The van der Waals surface area contributed by atoms with Gasteiger partial charge in [0.2, 0.25) is 0 Å². The van der Waals surface area contributed by atoms with E-state index in [9.17, 15) is 4.39 Å². The fraction of sp³-hybridized carbons (Fsp3) is 0.235. The van der Waals surface area contributed by atoms with Gasteiger partial charge in [0, 0.05) is 47.2 Å². The van der Waals surface area contributed by atoms with E-state index in [0.717, 1.165) is 33.7 Å². The van der Waals surface area contributed by atoms with Crippen molar-refractivity contribution < 1.29 is 4.39 Å². The summed E-state index contributed by atoms with van der Waals surface area (Å²) in [6, 6.07) is 1.51. The molecule has 0 aromatic carbocycles. The van der Waals surface area contributed by atoms with Crippen molar-refractivity contribution >= 4 is 16.7 Å². The number of pyridine rings is 1. The molecule has 4 aromatic rings. The van der Waals surface area contributed by atoms with Crippen LogP contribution in [0, 0.1) is 12.7 Å². The minimum Gasteiger partial charge on any atom is -0.345 e. The van der Waals surface area contributed by atoms with Crippen LogP contribution in [0.25, 0.3) is 27.8 Å². The van der Waals surface area contributed by atoms with E-state index in [0.29, 0.717) is 11.6 Å². The number of aromatic amines is 1. The molecule has 0 saturated heterocycles. The maximum atomic E-state index is 14.3. The summed E-state index contributed by atoms with van der Waals surface area (Å²) in [6.45, 7) is 1.85. The SMILES string of the molecule is Cc1cn2cc(-c3c[nH]c4nc(C5CC5)ncc34)cc(F)c2n1. The normalized spacial score (nSPS) is 14.9. The molecule has 0 bridgehead atoms. The Kier molecular flexibility index (Phi) is 2.43. The van der Waals surface area contributed by atoms with Crippen molar-refractivity contribution in [2.24, 2.45) is 0 Å². The van der Waals surface area contributed by atoms with Crippen LogP contribution in [-0.4, -0.2) is 24.3 Å². The van der Waals surface area contributed by atoms with Crippen LogP contribution in [0.5, 0.6) is 0 Å². The zero-order valence-corrected chi connectivity index (χ0v) is 12.5. The summed E-state index contributed by atoms with van der Waals surface area (Å²) in [6.07, 6.45) is 9.74. The summed E-state index contributed by atoms with van der Waals surface area (Å²) in [7, 11) is 0. The first-order valence-electron chi connectivity index (χ1n) is 7.68. The molecule has 6 heteroatoms. The fourth-order valence-electron chi connectivity index (χ4n) is 3.02. The zero-order valence-electron chi connectivity index (χ0n) is 12.5. The Morgan fingerprint density at radius 1 is 1.26 bits per heavy atom. The van der Waals surface area contributed by atoms with Crippen LogP contribution in [0.3, 0.4) is 0 Å². The molecule has 1 aliphatic rings. The molecule has 4 heterocycles. The van der Waals surface area contributed by atoms with E-state index in [1.807, 2.05) is 31.7 Å². The van der Waals surface area contributed by atoms with Gasteiger partial charge in [0.05, 0.1) is 5.69 Å². The van der Waals surface area contributed by atoms with Crippen molar-refractivity contribution in [3.05, 3.63) is 48.2 Å². The van der Waals surface area contributed by atoms with Crippen molar-refractivity contribution in [3.8, 4) is 11.1 Å². The van der Waals surface area contributed by atoms with E-state index in [1.165, 1.54) is 18.9 Å². The van der Waals surface area contributed by atoms with Gasteiger partial charge in [-0.1, -0.05) is 0 Å². The largest absolute Gasteiger partial charge is 0.345 e. The lowest BCUT2D eigenvalue weighted by Gasteiger charge is -2.03. The molecule has 0 atom stereocenters. The van der Waals surface area contributed by atoms with Gasteiger partial charge < -0.3 is 9.38 Å². The molecular weight excluding hydrogens is 293 g/mol. The Morgan fingerprint density at radius 3 is 2.96 bits per heavy atom. The van der Waals surface area contributed by atoms with Crippen molar-refractivity contribution in [1.82, 2.24) is 24.3 Å². The van der Waals surface area contributed by atoms with Crippen LogP contribution >= 0.6 is 0 Å². The maximum absolute atomic E-state index is 14.3. The Morgan fingerprint density at radius 2 is 2.13 bits per heavy atom. The number of nitrogens with one attached hydrogen (secondary N) is 1. The van der Waals surface area contributed by atoms with Gasteiger partial charge in [-0.15, -0.1) is 0 Å². The van der Waals surface area contributed by atoms with Crippen LogP contribution in [-0.2, 0) is 0 Å². The number of halogens is 1. The third kappa shape index (κ3) is 1.94. The highest BCUT2D eigenvalue weighted by Gasteiger charge is 2.27. The number of imidazole rings is 1. The second-order valence-electron chi connectivity index (χ2n) is 6.16. The first-order chi connectivity index (χ1) is 11.2. The number of aryl methyl sites for hydroxylation is 1. The Balaban J connectivity index is 1.70. The van der Waals surface area contributed by atoms with Crippen molar-refractivity contribution in [1.29, 1.82) is 0 Å². The smallest absolute Gasteiger partial charge is 0.173 e. The highest BCUT2D eigenvalue weighted by molar-refractivity contribution is 5.93. The lowest BCUT2D eigenvalue weighted by atomic mass is 10.1. The molecule has 5 rings (SSSR count). The molecule has 23 heavy (non-hydrogen) atoms. The van der Waals surface area contributed by atoms with Crippen LogP contribution in [0.2, 0.25) is 0 Å². The van der Waals surface area contributed by atoms with Crippen LogP contribution in [0.1, 0.15) is 30.3 Å². The molecule has 0 amide bonds. The fourth-order valence-corrected chi connectivity index (χ4v) is 3.02. The van der Waals surface area contributed by atoms with E-state index >= 15 is 0 Å². The van der Waals surface area contributed by atoms with E-state index in [1.54, 1.807) is 4.40 Å². The molecular formula is C17H14FN5. The van der Waals surface area contributed by atoms with Gasteiger partial charge in [0.25, 0.3) is 0 Å². The summed E-state index contributed by atoms with van der Waals surface area (Å²) >= 11 is 0. The second kappa shape index (κ2) is 4.38. The number of H-pyrrole nitrogens is 1. The number of nitrogens with zero attached hydrogens (tertiary/aromatic N) is 4. The van der Waals surface area contributed by atoms with E-state index in [2.05, 4.69) is 19.9 Å². The lowest BCUT2D eigenvalue weighted by molar-refractivity contribution is 0.630. The number of aromatic nitrogens is 5. The van der Waals surface area contributed by atoms with E-state index in [-0.39, 0.29) is 5.82 Å². The highest BCUT2D eigenvalue weighted by Crippen LogP contribution is 2.39. The van der Waals surface area contributed by atoms with Gasteiger partial charge in [-0.05, 0) is 25.8 Å². The average Bonchev–Trinajstić information content (AvgIpc) is 3.18. The maximum Gasteiger partial charge on any atom is 0.173 e. The van der Waals surface area contributed by atoms with Gasteiger partial charge in [0.1, 0.15) is 11.5 Å². The number of fused-ring (bicyclic) bond motifs is 2. The minimum absolute atomic E-state index is 0.333. The van der Waals surface area contributed by atoms with Crippen LogP contribution in [0.4, 0.5) is 4.39 Å². The molecule has 1 saturated carbocycles. The van der Waals surface area contributed by atoms with Gasteiger partial charge in [-0.2, -0.15) is 0 Å². The van der Waals surface area contributed by atoms with Gasteiger partial charge in [-0.3, -0.25) is 0 Å². The molecule has 0 radical (unpaired) electrons. The predicted molar refractivity (Wildman–Crippen MR) is 84.7 cm³/mol. The van der Waals surface area contributed by atoms with E-state index < -0.39 is 0 Å². The zero-order chi connectivity index (χ0) is 15.6. The third-order valence-electron chi connectivity index (χ3n) is 4.33. The van der Waals surface area contributed by atoms with Gasteiger partial charge in [0.15, 0.2) is 11.5 Å². The quantitative estimate of drug-likeness (QED) is 0.615. The summed E-state index contributed by atoms with van der Waals surface area (Å²) in [5, 5.41) is 0.907. The van der Waals surface area contributed by atoms with Crippen molar-refractivity contribution in [3.63, 3.8) is 0 Å². The van der Waals surface area contributed by atoms with Crippen molar-refractivity contribution in [2.45, 2.75) is 25.7 Å². The van der Waals surface area contributed by atoms with Crippen molar-refractivity contribution in [2.75, 3.05) is 0 Å². The number of rotatable bonds is 2. The average molecular weight is 307 g/mol. The van der Waals surface area contributed by atoms with Gasteiger partial charge in [-0.25, -0.2) is 19.3 Å². The monoisotopic (exact) mass is 307 g/mol. The Bertz CT molecular complexity index is 1060. The standard InChI is InChI=1S/C17H14FN5/c1-9-7-23-8-11(4-14(18)17(23)21-9)12-5-20-16-13(12)6-19-15(22-16)10-2-3-10/h4-8,10H,2-3H2,1H3,(H,19,20,22). The minimum atomic E-state index is -0.333. The molecule has 5 nitrogen and oxygen atoms in total. The number of hydrogen-bond acceptors (Lipinski definition) is 3. The molecule has 0 unspecified atom stereocenters. The Hall–Kier alpha value is -2.76. The second-order valence-corrected chi connectivity index (χ2v) is 6.16. The number of hydrogen-bond donors (Lipinski definition) is 1. The van der Waals surface area contributed by atoms with Gasteiger partial charge >= 0.3 is 0 Å². The molecule has 1 N–H and O–H groups in total. The first-order valence-corrected chi connectivity index (χ1v) is 7.68. The Labute approximate surface area is 131 Å². The molecule has 4 aromatic heterocycles. The molecule has 0 aliphatic heterocycles. The molecule has 1 fully saturated rings. The third-order valence-corrected chi connectivity index (χ3v) is 4.33. The topological polar surface area (TPSA) is 58.9 Å². The highest BCUT2D eigenvalue weighted by atomic mass is 19.1. The summed E-state index contributed by atoms with van der Waals surface area (Å²) in [4.78, 5) is 16.4. The summed E-state index contributed by atoms with van der Waals surface area (Å²) < 4.78 is 16.0.